The number of quaternary nitrogens is 1. The minimum Gasteiger partial charge on any atom is -0.374 e. The number of benzene rings is 2. The third-order valence-corrected chi connectivity index (χ3v) is 5.84. The smallest absolute Gasteiger partial charge is 0.190 e. The molecule has 166 valence electrons. The first kappa shape index (κ1) is 24.4. The van der Waals surface area contributed by atoms with E-state index in [9.17, 15) is 0 Å². The number of hydroxylamine groups is 3. The quantitative estimate of drug-likeness (QED) is 0.288. The predicted octanol–water partition coefficient (Wildman–Crippen LogP) is 7.14. The molecular weight excluding hydrogens is 370 g/mol. The molecule has 2 aromatic rings. The number of ether oxygens (including phenoxy) is 1. The van der Waals surface area contributed by atoms with E-state index in [4.69, 9.17) is 9.57 Å². The van der Waals surface area contributed by atoms with Gasteiger partial charge in [-0.2, -0.15) is 0 Å². The standard InChI is InChI=1S/C27H42NO2/c1-9-29-23(6)25-17-13-14-18-26(25)27(7,8)28(19-21(2)3,20-22(4)5)30-24-15-11-10-12-16-24/h10-18,21-23H,9,19-20H2,1-8H3/q+1. The van der Waals surface area contributed by atoms with Gasteiger partial charge in [0.15, 0.2) is 11.3 Å². The molecule has 1 unspecified atom stereocenters. The molecule has 3 heteroatoms. The second kappa shape index (κ2) is 10.5. The fourth-order valence-electron chi connectivity index (χ4n) is 4.55. The van der Waals surface area contributed by atoms with Gasteiger partial charge in [0, 0.05) is 24.0 Å². The lowest BCUT2D eigenvalue weighted by atomic mass is 9.84. The molecule has 0 radical (unpaired) electrons. The lowest BCUT2D eigenvalue weighted by molar-refractivity contribution is -1.12. The highest BCUT2D eigenvalue weighted by Gasteiger charge is 2.50. The van der Waals surface area contributed by atoms with Crippen LogP contribution in [0.25, 0.3) is 0 Å². The Morgan fingerprint density at radius 1 is 0.800 bits per heavy atom. The third kappa shape index (κ3) is 5.65. The van der Waals surface area contributed by atoms with Crippen LogP contribution in [-0.2, 0) is 10.3 Å². The van der Waals surface area contributed by atoms with Crippen LogP contribution in [0.3, 0.4) is 0 Å². The van der Waals surface area contributed by atoms with Gasteiger partial charge in [-0.3, -0.25) is 0 Å². The molecule has 30 heavy (non-hydrogen) atoms. The summed E-state index contributed by atoms with van der Waals surface area (Å²) in [7, 11) is 0. The lowest BCUT2D eigenvalue weighted by Gasteiger charge is -2.49. The van der Waals surface area contributed by atoms with Gasteiger partial charge >= 0.3 is 0 Å². The Bertz CT molecular complexity index is 757. The Balaban J connectivity index is 2.66. The summed E-state index contributed by atoms with van der Waals surface area (Å²) < 4.78 is 6.55. The van der Waals surface area contributed by atoms with Crippen molar-refractivity contribution in [2.75, 3.05) is 19.7 Å². The van der Waals surface area contributed by atoms with Crippen molar-refractivity contribution >= 4 is 0 Å². The molecule has 1 atom stereocenters. The number of para-hydroxylation sites is 1. The Labute approximate surface area is 184 Å². The molecule has 0 saturated heterocycles. The van der Waals surface area contributed by atoms with Crippen LogP contribution in [0, 0.1) is 11.8 Å². The molecule has 0 fully saturated rings. The van der Waals surface area contributed by atoms with Gasteiger partial charge in [-0.1, -0.05) is 70.2 Å². The van der Waals surface area contributed by atoms with E-state index in [1.807, 2.05) is 18.2 Å². The van der Waals surface area contributed by atoms with E-state index >= 15 is 0 Å². The molecule has 0 heterocycles. The van der Waals surface area contributed by atoms with E-state index in [0.717, 1.165) is 18.8 Å². The van der Waals surface area contributed by atoms with E-state index in [2.05, 4.69) is 91.8 Å². The molecule has 2 aromatic carbocycles. The van der Waals surface area contributed by atoms with E-state index in [1.165, 1.54) is 11.1 Å². The summed E-state index contributed by atoms with van der Waals surface area (Å²) in [6, 6.07) is 19.0. The van der Waals surface area contributed by atoms with Crippen LogP contribution in [0.2, 0.25) is 0 Å². The molecule has 0 aliphatic rings. The molecular formula is C27H42NO2+. The van der Waals surface area contributed by atoms with Gasteiger partial charge < -0.3 is 9.57 Å². The summed E-state index contributed by atoms with van der Waals surface area (Å²) in [6.07, 6.45) is 0.0437. The van der Waals surface area contributed by atoms with E-state index in [0.29, 0.717) is 23.1 Å². The van der Waals surface area contributed by atoms with E-state index in [-0.39, 0.29) is 11.6 Å². The summed E-state index contributed by atoms with van der Waals surface area (Å²) in [5.41, 5.74) is 2.27. The molecule has 0 aliphatic carbocycles. The first-order chi connectivity index (χ1) is 14.1. The van der Waals surface area contributed by atoms with Crippen molar-refractivity contribution in [3.63, 3.8) is 0 Å². The zero-order valence-electron chi connectivity index (χ0n) is 20.3. The monoisotopic (exact) mass is 412 g/mol. The average molecular weight is 413 g/mol. The van der Waals surface area contributed by atoms with Crippen LogP contribution in [0.1, 0.15) is 72.6 Å². The number of hydrogen-bond acceptors (Lipinski definition) is 2. The minimum absolute atomic E-state index is 0.0437. The molecule has 0 saturated carbocycles. The predicted molar refractivity (Wildman–Crippen MR) is 126 cm³/mol. The second-order valence-electron chi connectivity index (χ2n) is 9.69. The van der Waals surface area contributed by atoms with E-state index in [1.54, 1.807) is 0 Å². The summed E-state index contributed by atoms with van der Waals surface area (Å²) >= 11 is 0. The first-order valence-corrected chi connectivity index (χ1v) is 11.5. The van der Waals surface area contributed by atoms with Crippen molar-refractivity contribution in [3.05, 3.63) is 65.7 Å². The van der Waals surface area contributed by atoms with Crippen molar-refractivity contribution in [2.45, 2.75) is 67.0 Å². The summed E-state index contributed by atoms with van der Waals surface area (Å²) in [5.74, 6) is 1.90. The summed E-state index contributed by atoms with van der Waals surface area (Å²) in [4.78, 5) is 6.93. The summed E-state index contributed by atoms with van der Waals surface area (Å²) in [5, 5.41) is 0. The topological polar surface area (TPSA) is 18.5 Å². The fraction of sp³-hybridized carbons (Fsp3) is 0.556. The van der Waals surface area contributed by atoms with Gasteiger partial charge in [-0.05, 0) is 45.4 Å². The van der Waals surface area contributed by atoms with Crippen LogP contribution in [0.15, 0.2) is 54.6 Å². The number of nitrogens with zero attached hydrogens (tertiary/aromatic N) is 1. The van der Waals surface area contributed by atoms with Gasteiger partial charge in [-0.15, -0.1) is 4.65 Å². The maximum atomic E-state index is 6.93. The molecule has 0 bridgehead atoms. The zero-order chi connectivity index (χ0) is 22.4. The van der Waals surface area contributed by atoms with Crippen molar-refractivity contribution in [1.82, 2.24) is 0 Å². The highest BCUT2D eigenvalue weighted by molar-refractivity contribution is 5.33. The fourth-order valence-corrected chi connectivity index (χ4v) is 4.55. The van der Waals surface area contributed by atoms with Gasteiger partial charge in [0.2, 0.25) is 0 Å². The van der Waals surface area contributed by atoms with Gasteiger partial charge in [0.05, 0.1) is 6.10 Å². The first-order valence-electron chi connectivity index (χ1n) is 11.5. The van der Waals surface area contributed by atoms with Crippen LogP contribution in [-0.4, -0.2) is 24.3 Å². The van der Waals surface area contributed by atoms with Crippen molar-refractivity contribution in [3.8, 4) is 5.75 Å². The number of hydrogen-bond donors (Lipinski definition) is 0. The lowest BCUT2D eigenvalue weighted by Crippen LogP contribution is -2.64. The zero-order valence-corrected chi connectivity index (χ0v) is 20.3. The molecule has 0 aliphatic heterocycles. The number of rotatable bonds is 11. The molecule has 0 N–H and O–H groups in total. The van der Waals surface area contributed by atoms with Crippen molar-refractivity contribution < 1.29 is 14.2 Å². The Kier molecular flexibility index (Phi) is 8.52. The Hall–Kier alpha value is -1.84. The normalized spacial score (nSPS) is 13.7. The van der Waals surface area contributed by atoms with Crippen molar-refractivity contribution in [1.29, 1.82) is 0 Å². The van der Waals surface area contributed by atoms with Crippen LogP contribution in [0.5, 0.6) is 5.75 Å². The Morgan fingerprint density at radius 3 is 1.87 bits per heavy atom. The molecule has 3 nitrogen and oxygen atoms in total. The molecule has 0 amide bonds. The van der Waals surface area contributed by atoms with Gasteiger partial charge in [0.1, 0.15) is 13.1 Å². The maximum Gasteiger partial charge on any atom is 0.190 e. The average Bonchev–Trinajstić information content (AvgIpc) is 2.67. The SMILES string of the molecule is CCOC(C)c1ccccc1C(C)(C)[N+](CC(C)C)(CC(C)C)Oc1ccccc1. The molecule has 0 spiro atoms. The highest BCUT2D eigenvalue weighted by atomic mass is 16.7. The van der Waals surface area contributed by atoms with Crippen LogP contribution < -0.4 is 4.84 Å². The molecule has 0 aromatic heterocycles. The van der Waals surface area contributed by atoms with Crippen LogP contribution >= 0.6 is 0 Å². The minimum atomic E-state index is -0.271. The van der Waals surface area contributed by atoms with Gasteiger partial charge in [0.25, 0.3) is 0 Å². The van der Waals surface area contributed by atoms with E-state index < -0.39 is 0 Å². The Morgan fingerprint density at radius 2 is 1.33 bits per heavy atom. The largest absolute Gasteiger partial charge is 0.374 e. The second-order valence-corrected chi connectivity index (χ2v) is 9.69. The highest BCUT2D eigenvalue weighted by Crippen LogP contribution is 2.41. The third-order valence-electron chi connectivity index (χ3n) is 5.84. The van der Waals surface area contributed by atoms with Gasteiger partial charge in [-0.25, -0.2) is 0 Å². The maximum absolute atomic E-state index is 6.93. The summed E-state index contributed by atoms with van der Waals surface area (Å²) in [6.45, 7) is 20.6. The molecule has 2 rings (SSSR count). The van der Waals surface area contributed by atoms with Crippen molar-refractivity contribution in [2.24, 2.45) is 11.8 Å². The van der Waals surface area contributed by atoms with Crippen LogP contribution in [0.4, 0.5) is 0 Å².